The topological polar surface area (TPSA) is 89.7 Å². The first-order chi connectivity index (χ1) is 10.0. The Morgan fingerprint density at radius 2 is 2.00 bits per heavy atom. The molecule has 0 unspecified atom stereocenters. The Labute approximate surface area is 136 Å². The Hall–Kier alpha value is -1.15. The number of halogens is 1. The highest BCUT2D eigenvalue weighted by atomic mass is 35.5. The predicted octanol–water partition coefficient (Wildman–Crippen LogP) is 1.73. The number of hydrogen-bond donors (Lipinski definition) is 1. The SMILES string of the molecule is COC(=O)c1cc(Cl)ccc1S(=O)(=O)N(C)CC(C)(C)CN. The number of ether oxygens (including phenoxy) is 1. The van der Waals surface area contributed by atoms with Gasteiger partial charge in [-0.1, -0.05) is 25.4 Å². The molecule has 6 nitrogen and oxygen atoms in total. The van der Waals surface area contributed by atoms with E-state index in [0.717, 1.165) is 0 Å². The Balaban J connectivity index is 3.31. The van der Waals surface area contributed by atoms with Gasteiger partial charge in [0, 0.05) is 18.6 Å². The summed E-state index contributed by atoms with van der Waals surface area (Å²) in [6, 6.07) is 4.00. The fraction of sp³-hybridized carbons (Fsp3) is 0.500. The van der Waals surface area contributed by atoms with Gasteiger partial charge < -0.3 is 10.5 Å². The van der Waals surface area contributed by atoms with Gasteiger partial charge in [-0.2, -0.15) is 0 Å². The summed E-state index contributed by atoms with van der Waals surface area (Å²) >= 11 is 5.84. The minimum atomic E-state index is -3.87. The van der Waals surface area contributed by atoms with Crippen molar-refractivity contribution < 1.29 is 17.9 Å². The van der Waals surface area contributed by atoms with E-state index in [9.17, 15) is 13.2 Å². The maximum Gasteiger partial charge on any atom is 0.339 e. The van der Waals surface area contributed by atoms with Crippen molar-refractivity contribution in [3.05, 3.63) is 28.8 Å². The van der Waals surface area contributed by atoms with Crippen molar-refractivity contribution in [3.8, 4) is 0 Å². The van der Waals surface area contributed by atoms with Crippen molar-refractivity contribution >= 4 is 27.6 Å². The zero-order valence-electron chi connectivity index (χ0n) is 13.1. The minimum Gasteiger partial charge on any atom is -0.465 e. The first-order valence-corrected chi connectivity index (χ1v) is 8.41. The zero-order valence-corrected chi connectivity index (χ0v) is 14.7. The standard InChI is InChI=1S/C14H21ClN2O4S/c1-14(2,8-16)9-17(3)22(19,20)12-6-5-10(15)7-11(12)13(18)21-4/h5-7H,8-9,16H2,1-4H3. The van der Waals surface area contributed by atoms with Gasteiger partial charge in [0.05, 0.1) is 17.6 Å². The lowest BCUT2D eigenvalue weighted by Crippen LogP contribution is -2.40. The van der Waals surface area contributed by atoms with Crippen LogP contribution in [0.15, 0.2) is 23.1 Å². The number of sulfonamides is 1. The van der Waals surface area contributed by atoms with Crippen LogP contribution in [0.25, 0.3) is 0 Å². The van der Waals surface area contributed by atoms with Crippen LogP contribution in [0.4, 0.5) is 0 Å². The lowest BCUT2D eigenvalue weighted by Gasteiger charge is -2.28. The summed E-state index contributed by atoms with van der Waals surface area (Å²) in [5.41, 5.74) is 5.16. The van der Waals surface area contributed by atoms with Crippen LogP contribution in [0.3, 0.4) is 0 Å². The maximum absolute atomic E-state index is 12.7. The van der Waals surface area contributed by atoms with Crippen molar-refractivity contribution in [3.63, 3.8) is 0 Å². The average Bonchev–Trinajstić information content (AvgIpc) is 2.45. The van der Waals surface area contributed by atoms with Crippen LogP contribution in [0.1, 0.15) is 24.2 Å². The molecule has 0 aliphatic carbocycles. The second-order valence-corrected chi connectivity index (χ2v) is 8.21. The molecular weight excluding hydrogens is 328 g/mol. The van der Waals surface area contributed by atoms with E-state index in [4.69, 9.17) is 17.3 Å². The number of carbonyl (C=O) groups excluding carboxylic acids is 1. The smallest absolute Gasteiger partial charge is 0.339 e. The highest BCUT2D eigenvalue weighted by Crippen LogP contribution is 2.26. The molecule has 0 bridgehead atoms. The van der Waals surface area contributed by atoms with Gasteiger partial charge in [0.25, 0.3) is 0 Å². The predicted molar refractivity (Wildman–Crippen MR) is 85.4 cm³/mol. The minimum absolute atomic E-state index is 0.0904. The number of hydrogen-bond acceptors (Lipinski definition) is 5. The lowest BCUT2D eigenvalue weighted by molar-refractivity contribution is 0.0596. The molecule has 8 heteroatoms. The molecule has 0 spiro atoms. The van der Waals surface area contributed by atoms with Crippen LogP contribution in [0.2, 0.25) is 5.02 Å². The number of nitrogens with zero attached hydrogens (tertiary/aromatic N) is 1. The molecule has 124 valence electrons. The molecule has 0 saturated heterocycles. The normalized spacial score (nSPS) is 12.5. The number of carbonyl (C=O) groups is 1. The van der Waals surface area contributed by atoms with Crippen LogP contribution >= 0.6 is 11.6 Å². The van der Waals surface area contributed by atoms with Crippen LogP contribution in [0, 0.1) is 5.41 Å². The molecule has 0 atom stereocenters. The second-order valence-electron chi connectivity index (χ2n) is 5.76. The summed E-state index contributed by atoms with van der Waals surface area (Å²) in [7, 11) is -1.24. The van der Waals surface area contributed by atoms with Gasteiger partial charge in [-0.25, -0.2) is 17.5 Å². The van der Waals surface area contributed by atoms with Crippen molar-refractivity contribution in [2.45, 2.75) is 18.7 Å². The fourth-order valence-electron chi connectivity index (χ4n) is 1.92. The van der Waals surface area contributed by atoms with Gasteiger partial charge in [0.15, 0.2) is 0 Å². The van der Waals surface area contributed by atoms with Crippen LogP contribution < -0.4 is 5.73 Å². The second kappa shape index (κ2) is 6.95. The van der Waals surface area contributed by atoms with Crippen molar-refractivity contribution in [1.82, 2.24) is 4.31 Å². The van der Waals surface area contributed by atoms with Gasteiger partial charge >= 0.3 is 5.97 Å². The molecule has 1 rings (SSSR count). The van der Waals surface area contributed by atoms with E-state index in [1.165, 1.54) is 36.7 Å². The summed E-state index contributed by atoms with van der Waals surface area (Å²) in [4.78, 5) is 11.7. The monoisotopic (exact) mass is 348 g/mol. The van der Waals surface area contributed by atoms with Gasteiger partial charge in [-0.05, 0) is 30.2 Å². The van der Waals surface area contributed by atoms with E-state index >= 15 is 0 Å². The molecule has 0 aliphatic heterocycles. The molecule has 0 saturated carbocycles. The van der Waals surface area contributed by atoms with E-state index in [-0.39, 0.29) is 27.4 Å². The van der Waals surface area contributed by atoms with Crippen molar-refractivity contribution in [2.75, 3.05) is 27.2 Å². The van der Waals surface area contributed by atoms with Gasteiger partial charge in [0.2, 0.25) is 10.0 Å². The van der Waals surface area contributed by atoms with Crippen LogP contribution in [-0.4, -0.2) is 45.9 Å². The molecule has 0 heterocycles. The number of methoxy groups -OCH3 is 1. The number of rotatable bonds is 6. The zero-order chi connectivity index (χ0) is 17.1. The van der Waals surface area contributed by atoms with Crippen molar-refractivity contribution in [2.24, 2.45) is 11.1 Å². The molecule has 2 N–H and O–H groups in total. The first kappa shape index (κ1) is 18.9. The quantitative estimate of drug-likeness (QED) is 0.791. The third-order valence-electron chi connectivity index (χ3n) is 3.24. The molecule has 0 radical (unpaired) electrons. The highest BCUT2D eigenvalue weighted by Gasteiger charge is 2.30. The molecule has 1 aromatic rings. The Bertz CT molecular complexity index is 659. The van der Waals surface area contributed by atoms with Crippen molar-refractivity contribution in [1.29, 1.82) is 0 Å². The van der Waals surface area contributed by atoms with E-state index in [2.05, 4.69) is 4.74 Å². The Kier molecular flexibility index (Phi) is 5.97. The van der Waals surface area contributed by atoms with Gasteiger partial charge in [0.1, 0.15) is 0 Å². The van der Waals surface area contributed by atoms with E-state index < -0.39 is 16.0 Å². The largest absolute Gasteiger partial charge is 0.465 e. The molecule has 0 aliphatic rings. The number of benzene rings is 1. The number of nitrogens with two attached hydrogens (primary N) is 1. The Morgan fingerprint density at radius 1 is 1.41 bits per heavy atom. The molecule has 22 heavy (non-hydrogen) atoms. The van der Waals surface area contributed by atoms with Crippen LogP contribution in [-0.2, 0) is 14.8 Å². The summed E-state index contributed by atoms with van der Waals surface area (Å²) in [6.07, 6.45) is 0. The molecule has 0 fully saturated rings. The molecule has 1 aromatic carbocycles. The highest BCUT2D eigenvalue weighted by molar-refractivity contribution is 7.89. The maximum atomic E-state index is 12.7. The average molecular weight is 349 g/mol. The molecule has 0 amide bonds. The van der Waals surface area contributed by atoms with Crippen LogP contribution in [0.5, 0.6) is 0 Å². The van der Waals surface area contributed by atoms with Gasteiger partial charge in [-0.15, -0.1) is 0 Å². The third-order valence-corrected chi connectivity index (χ3v) is 5.34. The summed E-state index contributed by atoms with van der Waals surface area (Å²) < 4.78 is 31.2. The third kappa shape index (κ3) is 4.19. The fourth-order valence-corrected chi connectivity index (χ4v) is 3.60. The lowest BCUT2D eigenvalue weighted by atomic mass is 9.94. The summed E-state index contributed by atoms with van der Waals surface area (Å²) in [5.74, 6) is -0.757. The van der Waals surface area contributed by atoms with E-state index in [1.54, 1.807) is 0 Å². The Morgan fingerprint density at radius 3 is 2.50 bits per heavy atom. The van der Waals surface area contributed by atoms with Gasteiger partial charge in [-0.3, -0.25) is 0 Å². The summed E-state index contributed by atoms with van der Waals surface area (Å²) in [6.45, 7) is 4.27. The molecular formula is C14H21ClN2O4S. The summed E-state index contributed by atoms with van der Waals surface area (Å²) in [5, 5.41) is 0.254. The van der Waals surface area contributed by atoms with E-state index in [0.29, 0.717) is 6.54 Å². The van der Waals surface area contributed by atoms with E-state index in [1.807, 2.05) is 13.8 Å². The number of esters is 1. The first-order valence-electron chi connectivity index (χ1n) is 6.59. The molecule has 0 aromatic heterocycles.